The van der Waals surface area contributed by atoms with Crippen LogP contribution in [0, 0.1) is 0 Å². The summed E-state index contributed by atoms with van der Waals surface area (Å²) in [5.74, 6) is -1.51. The summed E-state index contributed by atoms with van der Waals surface area (Å²) in [5, 5.41) is 0. The molecule has 70 valence electrons. The van der Waals surface area contributed by atoms with Crippen LogP contribution in [-0.2, 0) is 19.1 Å². The quantitative estimate of drug-likeness (QED) is 0.195. The Bertz CT molecular complexity index is 289. The minimum Gasteiger partial charge on any atom is -0.466 e. The Balaban J connectivity index is 4.49. The lowest BCUT2D eigenvalue weighted by molar-refractivity contribution is -0.137. The predicted molar refractivity (Wildman–Crippen MR) is 41.8 cm³/mol. The highest BCUT2D eigenvalue weighted by Gasteiger charge is 2.16. The standard InChI is InChI=1S/C7H8N2O4/c1-12-6(10)4-3-5(9-8)7(11)13-2/h3-4H,1-2H3/b4-3+. The molecule has 0 aliphatic rings. The van der Waals surface area contributed by atoms with E-state index in [1.54, 1.807) is 0 Å². The SMILES string of the molecule is COC(=O)/C=C/C(=[N+]=[N-])C(=O)OC. The Kier molecular flexibility index (Phi) is 4.83. The van der Waals surface area contributed by atoms with E-state index in [0.29, 0.717) is 0 Å². The summed E-state index contributed by atoms with van der Waals surface area (Å²) < 4.78 is 8.48. The molecule has 0 saturated heterocycles. The van der Waals surface area contributed by atoms with Crippen molar-refractivity contribution in [2.45, 2.75) is 0 Å². The van der Waals surface area contributed by atoms with Gasteiger partial charge in [-0.25, -0.2) is 9.59 Å². The molecule has 0 aliphatic heterocycles. The normalized spacial score (nSPS) is 9.08. The fraction of sp³-hybridized carbons (Fsp3) is 0.286. The van der Waals surface area contributed by atoms with Crippen molar-refractivity contribution < 1.29 is 23.9 Å². The van der Waals surface area contributed by atoms with Gasteiger partial charge in [0.25, 0.3) is 0 Å². The van der Waals surface area contributed by atoms with E-state index in [4.69, 9.17) is 5.53 Å². The van der Waals surface area contributed by atoms with Gasteiger partial charge in [0.05, 0.1) is 14.2 Å². The van der Waals surface area contributed by atoms with E-state index in [0.717, 1.165) is 19.3 Å². The first-order valence-corrected chi connectivity index (χ1v) is 3.22. The molecule has 0 aromatic carbocycles. The molecule has 0 N–H and O–H groups in total. The van der Waals surface area contributed by atoms with Gasteiger partial charge in [-0.3, -0.25) is 0 Å². The molecule has 0 atom stereocenters. The van der Waals surface area contributed by atoms with E-state index < -0.39 is 11.9 Å². The van der Waals surface area contributed by atoms with Crippen molar-refractivity contribution >= 4 is 17.7 Å². The third-order valence-electron chi connectivity index (χ3n) is 1.08. The molecule has 6 nitrogen and oxygen atoms in total. The molecule has 0 aromatic rings. The van der Waals surface area contributed by atoms with Crippen LogP contribution in [0.5, 0.6) is 0 Å². The number of carbonyl (C=O) groups is 2. The third-order valence-corrected chi connectivity index (χ3v) is 1.08. The number of hydrogen-bond acceptors (Lipinski definition) is 4. The van der Waals surface area contributed by atoms with Crippen molar-refractivity contribution in [3.05, 3.63) is 17.7 Å². The van der Waals surface area contributed by atoms with Gasteiger partial charge in [-0.1, -0.05) is 0 Å². The van der Waals surface area contributed by atoms with Crippen LogP contribution in [0.15, 0.2) is 12.2 Å². The van der Waals surface area contributed by atoms with Crippen LogP contribution in [0.3, 0.4) is 0 Å². The van der Waals surface area contributed by atoms with Crippen LogP contribution >= 0.6 is 0 Å². The number of methoxy groups -OCH3 is 2. The number of nitrogens with zero attached hydrogens (tertiary/aromatic N) is 2. The highest BCUT2D eigenvalue weighted by atomic mass is 16.5. The van der Waals surface area contributed by atoms with E-state index in [1.807, 2.05) is 0 Å². The van der Waals surface area contributed by atoms with Gasteiger partial charge >= 0.3 is 17.7 Å². The topological polar surface area (TPSA) is 89.0 Å². The number of hydrogen-bond donors (Lipinski definition) is 0. The molecule has 0 radical (unpaired) electrons. The molecular weight excluding hydrogens is 176 g/mol. The highest BCUT2D eigenvalue weighted by Crippen LogP contribution is 1.83. The highest BCUT2D eigenvalue weighted by molar-refractivity contribution is 6.39. The lowest BCUT2D eigenvalue weighted by atomic mass is 10.3. The number of carbonyl (C=O) groups excluding carboxylic acids is 2. The van der Waals surface area contributed by atoms with Gasteiger partial charge in [0.2, 0.25) is 0 Å². The number of ether oxygens (including phenoxy) is 2. The minimum atomic E-state index is -0.845. The average Bonchev–Trinajstić information content (AvgIpc) is 2.17. The Morgan fingerprint density at radius 2 is 1.85 bits per heavy atom. The van der Waals surface area contributed by atoms with Crippen molar-refractivity contribution in [2.75, 3.05) is 14.2 Å². The first kappa shape index (κ1) is 11.1. The van der Waals surface area contributed by atoms with Crippen LogP contribution < -0.4 is 0 Å². The van der Waals surface area contributed by atoms with E-state index in [1.165, 1.54) is 7.11 Å². The van der Waals surface area contributed by atoms with Gasteiger partial charge in [0.15, 0.2) is 0 Å². The molecule has 0 bridgehead atoms. The third kappa shape index (κ3) is 3.83. The van der Waals surface area contributed by atoms with E-state index >= 15 is 0 Å². The fourth-order valence-electron chi connectivity index (χ4n) is 0.462. The van der Waals surface area contributed by atoms with Crippen molar-refractivity contribution in [3.8, 4) is 0 Å². The van der Waals surface area contributed by atoms with Gasteiger partial charge in [-0.2, -0.15) is 4.79 Å². The van der Waals surface area contributed by atoms with Crippen molar-refractivity contribution in [1.82, 2.24) is 0 Å². The van der Waals surface area contributed by atoms with Crippen molar-refractivity contribution in [2.24, 2.45) is 0 Å². The van der Waals surface area contributed by atoms with Crippen LogP contribution in [0.2, 0.25) is 0 Å². The minimum absolute atomic E-state index is 0.382. The molecule has 0 aliphatic carbocycles. The number of rotatable bonds is 3. The maximum Gasteiger partial charge on any atom is 0.421 e. The Labute approximate surface area is 74.4 Å². The van der Waals surface area contributed by atoms with Gasteiger partial charge in [0, 0.05) is 12.2 Å². The second-order valence-corrected chi connectivity index (χ2v) is 1.83. The summed E-state index contributed by atoms with van der Waals surface area (Å²) in [6.45, 7) is 0. The molecule has 6 heteroatoms. The zero-order valence-electron chi connectivity index (χ0n) is 7.18. The maximum absolute atomic E-state index is 10.7. The summed E-state index contributed by atoms with van der Waals surface area (Å²) >= 11 is 0. The first-order chi connectivity index (χ1) is 6.15. The van der Waals surface area contributed by atoms with Crippen LogP contribution in [0.25, 0.3) is 5.53 Å². The Hall–Kier alpha value is -1.94. The molecule has 0 fully saturated rings. The molecule has 0 aromatic heterocycles. The lowest BCUT2D eigenvalue weighted by Crippen LogP contribution is -2.14. The molecule has 13 heavy (non-hydrogen) atoms. The zero-order chi connectivity index (χ0) is 10.3. The smallest absolute Gasteiger partial charge is 0.421 e. The molecule has 0 heterocycles. The second kappa shape index (κ2) is 5.68. The first-order valence-electron chi connectivity index (χ1n) is 3.22. The van der Waals surface area contributed by atoms with Gasteiger partial charge in [0.1, 0.15) is 0 Å². The predicted octanol–water partition coefficient (Wildman–Crippen LogP) is -0.441. The number of esters is 2. The molecule has 0 spiro atoms. The second-order valence-electron chi connectivity index (χ2n) is 1.83. The molecule has 0 unspecified atom stereocenters. The van der Waals surface area contributed by atoms with Gasteiger partial charge in [-0.15, -0.1) is 0 Å². The van der Waals surface area contributed by atoms with Gasteiger partial charge < -0.3 is 15.0 Å². The fourth-order valence-corrected chi connectivity index (χ4v) is 0.462. The summed E-state index contributed by atoms with van der Waals surface area (Å²) in [6.07, 6.45) is 1.92. The zero-order valence-corrected chi connectivity index (χ0v) is 7.18. The Morgan fingerprint density at radius 3 is 2.23 bits per heavy atom. The lowest BCUT2D eigenvalue weighted by Gasteiger charge is -1.88. The monoisotopic (exact) mass is 184 g/mol. The Morgan fingerprint density at radius 1 is 1.23 bits per heavy atom. The maximum atomic E-state index is 10.7. The largest absolute Gasteiger partial charge is 0.466 e. The molecule has 0 saturated carbocycles. The van der Waals surface area contributed by atoms with E-state index in [-0.39, 0.29) is 5.71 Å². The summed E-state index contributed by atoms with van der Waals surface area (Å²) in [5.41, 5.74) is 7.92. The molecular formula is C7H8N2O4. The van der Waals surface area contributed by atoms with Crippen molar-refractivity contribution in [3.63, 3.8) is 0 Å². The molecule has 0 rings (SSSR count). The summed E-state index contributed by atoms with van der Waals surface area (Å²) in [7, 11) is 2.31. The van der Waals surface area contributed by atoms with Gasteiger partial charge in [-0.05, 0) is 0 Å². The molecule has 0 amide bonds. The van der Waals surface area contributed by atoms with Crippen LogP contribution in [-0.4, -0.2) is 36.7 Å². The summed E-state index contributed by atoms with van der Waals surface area (Å²) in [6, 6.07) is 0. The van der Waals surface area contributed by atoms with E-state index in [9.17, 15) is 9.59 Å². The average molecular weight is 184 g/mol. The van der Waals surface area contributed by atoms with E-state index in [2.05, 4.69) is 14.3 Å². The van der Waals surface area contributed by atoms with Crippen molar-refractivity contribution in [1.29, 1.82) is 0 Å². The van der Waals surface area contributed by atoms with Crippen LogP contribution in [0.1, 0.15) is 0 Å². The van der Waals surface area contributed by atoms with Crippen LogP contribution in [0.4, 0.5) is 0 Å². The summed E-state index contributed by atoms with van der Waals surface area (Å²) in [4.78, 5) is 23.9.